The van der Waals surface area contributed by atoms with Gasteiger partial charge in [0, 0.05) is 6.54 Å². The van der Waals surface area contributed by atoms with Crippen molar-refractivity contribution in [2.24, 2.45) is 0 Å². The first-order valence-electron chi connectivity index (χ1n) is 4.75. The van der Waals surface area contributed by atoms with Crippen molar-refractivity contribution in [3.05, 3.63) is 24.3 Å². The molecule has 0 aliphatic carbocycles. The van der Waals surface area contributed by atoms with Gasteiger partial charge in [0.1, 0.15) is 5.75 Å². The van der Waals surface area contributed by atoms with Crippen molar-refractivity contribution < 1.29 is 4.74 Å². The van der Waals surface area contributed by atoms with Crippen LogP contribution in [0.15, 0.2) is 24.3 Å². The van der Waals surface area contributed by atoms with Gasteiger partial charge in [-0.05, 0) is 19.1 Å². The zero-order chi connectivity index (χ0) is 10.1. The van der Waals surface area contributed by atoms with E-state index < -0.39 is 0 Å². The van der Waals surface area contributed by atoms with E-state index in [1.165, 1.54) is 0 Å². The molecule has 0 amide bonds. The van der Waals surface area contributed by atoms with Crippen LogP contribution in [0.25, 0.3) is 0 Å². The molecule has 0 unspecified atom stereocenters. The largest absolute Gasteiger partial charge is 0.495 e. The zero-order valence-electron chi connectivity index (χ0n) is 8.92. The van der Waals surface area contributed by atoms with Crippen LogP contribution in [0, 0.1) is 0 Å². The minimum Gasteiger partial charge on any atom is -0.495 e. The fourth-order valence-corrected chi connectivity index (χ4v) is 0.981. The maximum absolute atomic E-state index is 5.14. The lowest BCUT2D eigenvalue weighted by molar-refractivity contribution is 0.416. The van der Waals surface area contributed by atoms with Crippen LogP contribution in [-0.4, -0.2) is 13.7 Å². The molecule has 0 aliphatic heterocycles. The summed E-state index contributed by atoms with van der Waals surface area (Å²) in [5.74, 6) is 0.898. The van der Waals surface area contributed by atoms with E-state index in [9.17, 15) is 0 Å². The number of rotatable bonds is 3. The average Bonchev–Trinajstić information content (AvgIpc) is 2.22. The summed E-state index contributed by atoms with van der Waals surface area (Å²) >= 11 is 0. The Hall–Kier alpha value is -1.18. The highest BCUT2D eigenvalue weighted by molar-refractivity contribution is 5.55. The van der Waals surface area contributed by atoms with E-state index in [0.717, 1.165) is 18.0 Å². The van der Waals surface area contributed by atoms with Crippen LogP contribution in [0.1, 0.15) is 20.8 Å². The second-order valence-corrected chi connectivity index (χ2v) is 2.23. The van der Waals surface area contributed by atoms with Crippen molar-refractivity contribution in [3.8, 4) is 5.75 Å². The normalized spacial score (nSPS) is 8.31. The fourth-order valence-electron chi connectivity index (χ4n) is 0.981. The van der Waals surface area contributed by atoms with E-state index in [2.05, 4.69) is 12.2 Å². The van der Waals surface area contributed by atoms with Crippen LogP contribution < -0.4 is 10.1 Å². The fraction of sp³-hybridized carbons (Fsp3) is 0.455. The first kappa shape index (κ1) is 11.8. The van der Waals surface area contributed by atoms with Crippen LogP contribution in [0.2, 0.25) is 0 Å². The number of benzene rings is 1. The molecule has 1 aromatic carbocycles. The Morgan fingerprint density at radius 3 is 2.38 bits per heavy atom. The Bertz CT molecular complexity index is 223. The van der Waals surface area contributed by atoms with Crippen molar-refractivity contribution in [3.63, 3.8) is 0 Å². The van der Waals surface area contributed by atoms with E-state index in [1.54, 1.807) is 7.11 Å². The van der Waals surface area contributed by atoms with Crippen LogP contribution in [0.4, 0.5) is 5.69 Å². The average molecular weight is 181 g/mol. The Balaban J connectivity index is 0.000000671. The SMILES string of the molecule is CC.CCNc1ccccc1OC. The Kier molecular flexibility index (Phi) is 6.79. The molecular formula is C11H19NO. The molecular weight excluding hydrogens is 162 g/mol. The lowest BCUT2D eigenvalue weighted by Crippen LogP contribution is -1.98. The quantitative estimate of drug-likeness (QED) is 0.773. The van der Waals surface area contributed by atoms with E-state index in [1.807, 2.05) is 38.1 Å². The first-order chi connectivity index (χ1) is 6.38. The molecule has 0 aliphatic rings. The van der Waals surface area contributed by atoms with Gasteiger partial charge in [0.2, 0.25) is 0 Å². The molecule has 1 N–H and O–H groups in total. The molecule has 0 atom stereocenters. The van der Waals surface area contributed by atoms with Gasteiger partial charge in [0.25, 0.3) is 0 Å². The van der Waals surface area contributed by atoms with Crippen molar-refractivity contribution in [1.29, 1.82) is 0 Å². The van der Waals surface area contributed by atoms with Crippen LogP contribution in [-0.2, 0) is 0 Å². The van der Waals surface area contributed by atoms with Crippen molar-refractivity contribution in [2.75, 3.05) is 19.0 Å². The van der Waals surface area contributed by atoms with Gasteiger partial charge >= 0.3 is 0 Å². The molecule has 1 aromatic rings. The second-order valence-electron chi connectivity index (χ2n) is 2.23. The van der Waals surface area contributed by atoms with E-state index in [0.29, 0.717) is 0 Å². The number of anilines is 1. The molecule has 2 nitrogen and oxygen atoms in total. The lowest BCUT2D eigenvalue weighted by Gasteiger charge is -2.07. The van der Waals surface area contributed by atoms with Crippen LogP contribution in [0.5, 0.6) is 5.75 Å². The van der Waals surface area contributed by atoms with Crippen LogP contribution >= 0.6 is 0 Å². The Morgan fingerprint density at radius 2 is 1.85 bits per heavy atom. The summed E-state index contributed by atoms with van der Waals surface area (Å²) in [4.78, 5) is 0. The van der Waals surface area contributed by atoms with Gasteiger partial charge in [-0.2, -0.15) is 0 Å². The maximum atomic E-state index is 5.14. The zero-order valence-corrected chi connectivity index (χ0v) is 8.92. The van der Waals surface area contributed by atoms with Crippen molar-refractivity contribution in [2.45, 2.75) is 20.8 Å². The topological polar surface area (TPSA) is 21.3 Å². The Morgan fingerprint density at radius 1 is 1.23 bits per heavy atom. The molecule has 0 heterocycles. The van der Waals surface area contributed by atoms with Gasteiger partial charge in [0.05, 0.1) is 12.8 Å². The highest BCUT2D eigenvalue weighted by Crippen LogP contribution is 2.22. The summed E-state index contributed by atoms with van der Waals surface area (Å²) in [5, 5.41) is 3.20. The number of ether oxygens (including phenoxy) is 1. The standard InChI is InChI=1S/C9H13NO.C2H6/c1-3-10-8-6-4-5-7-9(8)11-2;1-2/h4-7,10H,3H2,1-2H3;1-2H3. The smallest absolute Gasteiger partial charge is 0.141 e. The third kappa shape index (κ3) is 3.83. The van der Waals surface area contributed by atoms with Crippen molar-refractivity contribution >= 4 is 5.69 Å². The Labute approximate surface area is 80.9 Å². The van der Waals surface area contributed by atoms with E-state index in [4.69, 9.17) is 4.74 Å². The molecule has 0 saturated carbocycles. The van der Waals surface area contributed by atoms with Gasteiger partial charge < -0.3 is 10.1 Å². The number of methoxy groups -OCH3 is 1. The molecule has 0 saturated heterocycles. The van der Waals surface area contributed by atoms with Gasteiger partial charge in [-0.3, -0.25) is 0 Å². The summed E-state index contributed by atoms with van der Waals surface area (Å²) in [7, 11) is 1.68. The summed E-state index contributed by atoms with van der Waals surface area (Å²) in [6.07, 6.45) is 0. The maximum Gasteiger partial charge on any atom is 0.141 e. The minimum atomic E-state index is 0.898. The molecule has 13 heavy (non-hydrogen) atoms. The summed E-state index contributed by atoms with van der Waals surface area (Å²) in [5.41, 5.74) is 1.05. The number of nitrogens with one attached hydrogen (secondary N) is 1. The van der Waals surface area contributed by atoms with E-state index >= 15 is 0 Å². The molecule has 0 aromatic heterocycles. The van der Waals surface area contributed by atoms with Gasteiger partial charge in [0.15, 0.2) is 0 Å². The third-order valence-corrected chi connectivity index (χ3v) is 1.47. The molecule has 0 fully saturated rings. The molecule has 2 heteroatoms. The van der Waals surface area contributed by atoms with Crippen molar-refractivity contribution in [1.82, 2.24) is 0 Å². The lowest BCUT2D eigenvalue weighted by atomic mass is 10.3. The predicted molar refractivity (Wildman–Crippen MR) is 58.5 cm³/mol. The third-order valence-electron chi connectivity index (χ3n) is 1.47. The summed E-state index contributed by atoms with van der Waals surface area (Å²) < 4.78 is 5.14. The highest BCUT2D eigenvalue weighted by Gasteiger charge is 1.96. The summed E-state index contributed by atoms with van der Waals surface area (Å²) in [6.45, 7) is 6.98. The predicted octanol–water partition coefficient (Wildman–Crippen LogP) is 3.15. The van der Waals surface area contributed by atoms with Gasteiger partial charge in [-0.15, -0.1) is 0 Å². The summed E-state index contributed by atoms with van der Waals surface area (Å²) in [6, 6.07) is 7.89. The van der Waals surface area contributed by atoms with E-state index in [-0.39, 0.29) is 0 Å². The monoisotopic (exact) mass is 181 g/mol. The second kappa shape index (κ2) is 7.47. The molecule has 1 rings (SSSR count). The van der Waals surface area contributed by atoms with Gasteiger partial charge in [-0.1, -0.05) is 26.0 Å². The van der Waals surface area contributed by atoms with Gasteiger partial charge in [-0.25, -0.2) is 0 Å². The highest BCUT2D eigenvalue weighted by atomic mass is 16.5. The molecule has 0 radical (unpaired) electrons. The van der Waals surface area contributed by atoms with Crippen LogP contribution in [0.3, 0.4) is 0 Å². The molecule has 0 bridgehead atoms. The molecule has 74 valence electrons. The number of hydrogen-bond donors (Lipinski definition) is 1. The number of hydrogen-bond acceptors (Lipinski definition) is 2. The minimum absolute atomic E-state index is 0.898. The number of para-hydroxylation sites is 2. The molecule has 0 spiro atoms. The first-order valence-corrected chi connectivity index (χ1v) is 4.75.